The van der Waals surface area contributed by atoms with E-state index in [0.717, 1.165) is 36.7 Å². The lowest BCUT2D eigenvalue weighted by Crippen LogP contribution is -2.49. The van der Waals surface area contributed by atoms with Crippen molar-refractivity contribution in [1.82, 2.24) is 9.80 Å². The van der Waals surface area contributed by atoms with E-state index in [0.29, 0.717) is 12.8 Å². The number of rotatable bonds is 6. The zero-order chi connectivity index (χ0) is 19.2. The van der Waals surface area contributed by atoms with Gasteiger partial charge in [-0.3, -0.25) is 4.79 Å². The van der Waals surface area contributed by atoms with Crippen LogP contribution in [0.4, 0.5) is 0 Å². The molecule has 5 nitrogen and oxygen atoms in total. The Morgan fingerprint density at radius 1 is 1.07 bits per heavy atom. The normalized spacial score (nSPS) is 17.6. The number of benzene rings is 2. The van der Waals surface area contributed by atoms with E-state index in [1.165, 1.54) is 5.56 Å². The van der Waals surface area contributed by atoms with Gasteiger partial charge in [0.1, 0.15) is 11.5 Å². The van der Waals surface area contributed by atoms with Gasteiger partial charge in [0.15, 0.2) is 0 Å². The van der Waals surface area contributed by atoms with Gasteiger partial charge in [0, 0.05) is 26.1 Å². The number of carbonyl (C=O) groups is 1. The molecule has 1 aliphatic heterocycles. The number of amides is 1. The van der Waals surface area contributed by atoms with E-state index in [1.54, 1.807) is 14.2 Å². The number of ether oxygens (including phenoxy) is 2. The van der Waals surface area contributed by atoms with E-state index in [4.69, 9.17) is 9.47 Å². The summed E-state index contributed by atoms with van der Waals surface area (Å²) in [5.74, 6) is 1.75. The molecule has 0 aromatic heterocycles. The molecule has 1 heterocycles. The van der Waals surface area contributed by atoms with E-state index in [1.807, 2.05) is 41.3 Å². The molecular weight excluding hydrogens is 340 g/mol. The van der Waals surface area contributed by atoms with Crippen molar-refractivity contribution in [2.45, 2.75) is 18.9 Å². The van der Waals surface area contributed by atoms with Crippen LogP contribution in [0.1, 0.15) is 23.6 Å². The van der Waals surface area contributed by atoms with Gasteiger partial charge in [-0.15, -0.1) is 0 Å². The van der Waals surface area contributed by atoms with Crippen LogP contribution in [0.3, 0.4) is 0 Å². The average Bonchev–Trinajstić information content (AvgIpc) is 2.72. The van der Waals surface area contributed by atoms with Crippen LogP contribution in [0.5, 0.6) is 11.5 Å². The molecular formula is C22H28N2O3. The SMILES string of the molecule is COc1ccc(OC)c(CCC(=O)N2CCN(C)CC2c2ccccc2)c1. The minimum absolute atomic E-state index is 0.102. The Labute approximate surface area is 161 Å². The van der Waals surface area contributed by atoms with Crippen LogP contribution in [0.15, 0.2) is 48.5 Å². The predicted octanol–water partition coefficient (Wildman–Crippen LogP) is 3.15. The fraction of sp³-hybridized carbons (Fsp3) is 0.409. The molecule has 0 bridgehead atoms. The fourth-order valence-electron chi connectivity index (χ4n) is 3.64. The predicted molar refractivity (Wildman–Crippen MR) is 106 cm³/mol. The molecule has 0 saturated carbocycles. The first-order valence-electron chi connectivity index (χ1n) is 9.36. The van der Waals surface area contributed by atoms with Gasteiger partial charge in [-0.05, 0) is 42.8 Å². The number of hydrogen-bond acceptors (Lipinski definition) is 4. The summed E-state index contributed by atoms with van der Waals surface area (Å²) in [6, 6.07) is 16.1. The van der Waals surface area contributed by atoms with E-state index in [9.17, 15) is 4.79 Å². The Balaban J connectivity index is 1.73. The van der Waals surface area contributed by atoms with Crippen molar-refractivity contribution in [2.24, 2.45) is 0 Å². The average molecular weight is 368 g/mol. The summed E-state index contributed by atoms with van der Waals surface area (Å²) in [6.45, 7) is 2.51. The van der Waals surface area contributed by atoms with Gasteiger partial charge in [0.05, 0.1) is 20.3 Å². The Kier molecular flexibility index (Phi) is 6.35. The van der Waals surface area contributed by atoms with Gasteiger partial charge in [0.25, 0.3) is 0 Å². The molecule has 0 spiro atoms. The molecule has 0 radical (unpaired) electrons. The van der Waals surface area contributed by atoms with Crippen LogP contribution in [0, 0.1) is 0 Å². The summed E-state index contributed by atoms with van der Waals surface area (Å²) < 4.78 is 10.7. The highest BCUT2D eigenvalue weighted by Crippen LogP contribution is 2.28. The lowest BCUT2D eigenvalue weighted by atomic mass is 10.0. The summed E-state index contributed by atoms with van der Waals surface area (Å²) >= 11 is 0. The summed E-state index contributed by atoms with van der Waals surface area (Å²) in [5.41, 5.74) is 2.19. The van der Waals surface area contributed by atoms with E-state index < -0.39 is 0 Å². The first-order chi connectivity index (χ1) is 13.1. The van der Waals surface area contributed by atoms with Gasteiger partial charge in [-0.25, -0.2) is 0 Å². The smallest absolute Gasteiger partial charge is 0.223 e. The molecule has 5 heteroatoms. The van der Waals surface area contributed by atoms with Gasteiger partial charge < -0.3 is 19.3 Å². The number of piperazine rings is 1. The molecule has 1 aliphatic rings. The highest BCUT2D eigenvalue weighted by atomic mass is 16.5. The Bertz CT molecular complexity index is 763. The molecule has 0 N–H and O–H groups in total. The summed E-state index contributed by atoms with van der Waals surface area (Å²) in [7, 11) is 5.41. The Hall–Kier alpha value is -2.53. The number of hydrogen-bond donors (Lipinski definition) is 0. The second kappa shape index (κ2) is 8.91. The van der Waals surface area contributed by atoms with Gasteiger partial charge in [-0.1, -0.05) is 30.3 Å². The van der Waals surface area contributed by atoms with E-state index in [2.05, 4.69) is 24.1 Å². The molecule has 1 unspecified atom stereocenters. The van der Waals surface area contributed by atoms with Crippen molar-refractivity contribution in [3.8, 4) is 11.5 Å². The molecule has 1 atom stereocenters. The zero-order valence-corrected chi connectivity index (χ0v) is 16.4. The minimum atomic E-state index is 0.102. The van der Waals surface area contributed by atoms with E-state index >= 15 is 0 Å². The van der Waals surface area contributed by atoms with E-state index in [-0.39, 0.29) is 11.9 Å². The maximum atomic E-state index is 13.1. The third kappa shape index (κ3) is 4.61. The van der Waals surface area contributed by atoms with Gasteiger partial charge in [0.2, 0.25) is 5.91 Å². The van der Waals surface area contributed by atoms with Crippen LogP contribution in [0.2, 0.25) is 0 Å². The quantitative estimate of drug-likeness (QED) is 0.786. The van der Waals surface area contributed by atoms with Crippen molar-refractivity contribution in [3.05, 3.63) is 59.7 Å². The molecule has 0 aliphatic carbocycles. The summed E-state index contributed by atoms with van der Waals surface area (Å²) in [4.78, 5) is 17.4. The third-order valence-electron chi connectivity index (χ3n) is 5.18. The molecule has 3 rings (SSSR count). The maximum Gasteiger partial charge on any atom is 0.223 e. The first kappa shape index (κ1) is 19.2. The topological polar surface area (TPSA) is 42.0 Å². The fourth-order valence-corrected chi connectivity index (χ4v) is 3.64. The standard InChI is InChI=1S/C22H28N2O3/c1-23-13-14-24(20(16-23)17-7-5-4-6-8-17)22(25)12-9-18-15-19(26-2)10-11-21(18)27-3/h4-8,10-11,15,20H,9,12-14,16H2,1-3H3. The number of aryl methyl sites for hydroxylation is 1. The first-order valence-corrected chi connectivity index (χ1v) is 9.36. The Morgan fingerprint density at radius 2 is 1.85 bits per heavy atom. The van der Waals surface area contributed by atoms with Gasteiger partial charge in [-0.2, -0.15) is 0 Å². The number of nitrogens with zero attached hydrogens (tertiary/aromatic N) is 2. The molecule has 144 valence electrons. The zero-order valence-electron chi connectivity index (χ0n) is 16.4. The summed E-state index contributed by atoms with van der Waals surface area (Å²) in [6.07, 6.45) is 1.09. The lowest BCUT2D eigenvalue weighted by Gasteiger charge is -2.40. The largest absolute Gasteiger partial charge is 0.497 e. The number of likely N-dealkylation sites (N-methyl/N-ethyl adjacent to an activating group) is 1. The summed E-state index contributed by atoms with van der Waals surface area (Å²) in [5, 5.41) is 0. The highest BCUT2D eigenvalue weighted by Gasteiger charge is 2.29. The molecule has 1 fully saturated rings. The van der Waals surface area contributed by atoms with Crippen molar-refractivity contribution in [1.29, 1.82) is 0 Å². The Morgan fingerprint density at radius 3 is 2.56 bits per heavy atom. The minimum Gasteiger partial charge on any atom is -0.497 e. The second-order valence-corrected chi connectivity index (χ2v) is 6.95. The van der Waals surface area contributed by atoms with Crippen LogP contribution >= 0.6 is 0 Å². The van der Waals surface area contributed by atoms with Crippen molar-refractivity contribution >= 4 is 5.91 Å². The third-order valence-corrected chi connectivity index (χ3v) is 5.18. The van der Waals surface area contributed by atoms with Crippen LogP contribution in [-0.2, 0) is 11.2 Å². The van der Waals surface area contributed by atoms with Crippen LogP contribution < -0.4 is 9.47 Å². The van der Waals surface area contributed by atoms with Crippen molar-refractivity contribution < 1.29 is 14.3 Å². The van der Waals surface area contributed by atoms with Gasteiger partial charge >= 0.3 is 0 Å². The second-order valence-electron chi connectivity index (χ2n) is 6.95. The molecule has 27 heavy (non-hydrogen) atoms. The molecule has 2 aromatic rings. The molecule has 1 amide bonds. The molecule has 1 saturated heterocycles. The highest BCUT2D eigenvalue weighted by molar-refractivity contribution is 5.77. The van der Waals surface area contributed by atoms with Crippen molar-refractivity contribution in [3.63, 3.8) is 0 Å². The lowest BCUT2D eigenvalue weighted by molar-refractivity contribution is -0.136. The van der Waals surface area contributed by atoms with Crippen molar-refractivity contribution in [2.75, 3.05) is 40.9 Å². The molecule has 2 aromatic carbocycles. The monoisotopic (exact) mass is 368 g/mol. The number of methoxy groups -OCH3 is 2. The number of carbonyl (C=O) groups excluding carboxylic acids is 1. The van der Waals surface area contributed by atoms with Crippen LogP contribution in [0.25, 0.3) is 0 Å². The van der Waals surface area contributed by atoms with Crippen LogP contribution in [-0.4, -0.2) is 56.6 Å². The maximum absolute atomic E-state index is 13.1.